The second kappa shape index (κ2) is 7.73. The standard InChI is InChI=1S/C17H28N6/c1-13-19-9-7-14(21-13)11-20-17(18-2)22-15-8-10-23(12-15)16-5-3-4-6-16/h7,9,15-16H,3-6,8,10-12H2,1-2H3,(H2,18,20,22). The fourth-order valence-electron chi connectivity index (χ4n) is 3.67. The molecule has 1 aromatic rings. The van der Waals surface area contributed by atoms with Crippen LogP contribution in [0.2, 0.25) is 0 Å². The number of nitrogens with zero attached hydrogens (tertiary/aromatic N) is 4. The van der Waals surface area contributed by atoms with Crippen LogP contribution in [0.15, 0.2) is 17.3 Å². The van der Waals surface area contributed by atoms with Crippen molar-refractivity contribution < 1.29 is 0 Å². The summed E-state index contributed by atoms with van der Waals surface area (Å²) in [4.78, 5) is 15.5. The highest BCUT2D eigenvalue weighted by Gasteiger charge is 2.30. The molecule has 0 aromatic carbocycles. The first-order valence-corrected chi connectivity index (χ1v) is 8.74. The summed E-state index contributed by atoms with van der Waals surface area (Å²) in [5.41, 5.74) is 0.986. The van der Waals surface area contributed by atoms with Gasteiger partial charge in [0, 0.05) is 38.4 Å². The van der Waals surface area contributed by atoms with Crippen LogP contribution in [0.5, 0.6) is 0 Å². The third kappa shape index (κ3) is 4.41. The number of nitrogens with one attached hydrogen (secondary N) is 2. The summed E-state index contributed by atoms with van der Waals surface area (Å²) >= 11 is 0. The number of hydrogen-bond acceptors (Lipinski definition) is 4. The summed E-state index contributed by atoms with van der Waals surface area (Å²) in [7, 11) is 1.82. The smallest absolute Gasteiger partial charge is 0.191 e. The Bertz CT molecular complexity index is 538. The number of aryl methyl sites for hydroxylation is 1. The average molecular weight is 316 g/mol. The Balaban J connectivity index is 1.46. The first kappa shape index (κ1) is 16.2. The monoisotopic (exact) mass is 316 g/mol. The van der Waals surface area contributed by atoms with Gasteiger partial charge in [-0.3, -0.25) is 9.89 Å². The van der Waals surface area contributed by atoms with E-state index in [0.29, 0.717) is 12.6 Å². The van der Waals surface area contributed by atoms with E-state index >= 15 is 0 Å². The topological polar surface area (TPSA) is 65.4 Å². The Morgan fingerprint density at radius 1 is 1.35 bits per heavy atom. The summed E-state index contributed by atoms with van der Waals surface area (Å²) in [5, 5.41) is 6.91. The summed E-state index contributed by atoms with van der Waals surface area (Å²) in [6, 6.07) is 3.25. The highest BCUT2D eigenvalue weighted by atomic mass is 15.3. The fourth-order valence-corrected chi connectivity index (χ4v) is 3.67. The molecule has 1 aliphatic carbocycles. The van der Waals surface area contributed by atoms with Crippen LogP contribution in [0.25, 0.3) is 0 Å². The van der Waals surface area contributed by atoms with Gasteiger partial charge in [0.05, 0.1) is 12.2 Å². The van der Waals surface area contributed by atoms with Gasteiger partial charge in [-0.05, 0) is 32.3 Å². The molecule has 2 aliphatic rings. The molecule has 0 bridgehead atoms. The summed E-state index contributed by atoms with van der Waals surface area (Å²) in [5.74, 6) is 1.66. The predicted octanol–water partition coefficient (Wildman–Crippen LogP) is 1.47. The van der Waals surface area contributed by atoms with Crippen molar-refractivity contribution in [3.8, 4) is 0 Å². The molecule has 1 unspecified atom stereocenters. The Morgan fingerprint density at radius 2 is 2.17 bits per heavy atom. The van der Waals surface area contributed by atoms with E-state index in [0.717, 1.165) is 30.1 Å². The van der Waals surface area contributed by atoms with Gasteiger partial charge in [0.15, 0.2) is 5.96 Å². The average Bonchev–Trinajstić information content (AvgIpc) is 3.22. The number of hydrogen-bond donors (Lipinski definition) is 2. The molecule has 3 rings (SSSR count). The van der Waals surface area contributed by atoms with E-state index in [1.807, 2.05) is 20.0 Å². The SMILES string of the molecule is CN=C(NCc1ccnc(C)n1)NC1CCN(C2CCCC2)C1. The van der Waals surface area contributed by atoms with Crippen molar-refractivity contribution >= 4 is 5.96 Å². The van der Waals surface area contributed by atoms with Gasteiger partial charge in [-0.25, -0.2) is 9.97 Å². The Morgan fingerprint density at radius 3 is 2.91 bits per heavy atom. The molecule has 2 fully saturated rings. The highest BCUT2D eigenvalue weighted by Crippen LogP contribution is 2.26. The molecule has 126 valence electrons. The van der Waals surface area contributed by atoms with Gasteiger partial charge in [0.1, 0.15) is 5.82 Å². The molecule has 6 heteroatoms. The van der Waals surface area contributed by atoms with Crippen molar-refractivity contribution in [2.45, 2.75) is 57.7 Å². The van der Waals surface area contributed by atoms with Gasteiger partial charge in [-0.15, -0.1) is 0 Å². The van der Waals surface area contributed by atoms with Crippen LogP contribution in [0.4, 0.5) is 0 Å². The van der Waals surface area contributed by atoms with E-state index in [9.17, 15) is 0 Å². The molecule has 1 saturated carbocycles. The number of guanidine groups is 1. The Hall–Kier alpha value is -1.69. The third-order valence-electron chi connectivity index (χ3n) is 4.90. The van der Waals surface area contributed by atoms with E-state index in [1.165, 1.54) is 38.6 Å². The van der Waals surface area contributed by atoms with Gasteiger partial charge in [0.25, 0.3) is 0 Å². The molecule has 1 aromatic heterocycles. The minimum atomic E-state index is 0.494. The lowest BCUT2D eigenvalue weighted by atomic mass is 10.2. The van der Waals surface area contributed by atoms with Crippen LogP contribution in [-0.4, -0.2) is 53.0 Å². The van der Waals surface area contributed by atoms with Gasteiger partial charge in [-0.2, -0.15) is 0 Å². The van der Waals surface area contributed by atoms with E-state index in [1.54, 1.807) is 6.20 Å². The largest absolute Gasteiger partial charge is 0.352 e. The van der Waals surface area contributed by atoms with Gasteiger partial charge in [0.2, 0.25) is 0 Å². The predicted molar refractivity (Wildman–Crippen MR) is 92.3 cm³/mol. The zero-order valence-electron chi connectivity index (χ0n) is 14.3. The summed E-state index contributed by atoms with van der Waals surface area (Å²) in [6.07, 6.45) is 8.57. The third-order valence-corrected chi connectivity index (χ3v) is 4.90. The van der Waals surface area contributed by atoms with E-state index < -0.39 is 0 Å². The highest BCUT2D eigenvalue weighted by molar-refractivity contribution is 5.79. The van der Waals surface area contributed by atoms with Crippen LogP contribution in [-0.2, 0) is 6.54 Å². The summed E-state index contributed by atoms with van der Waals surface area (Å²) < 4.78 is 0. The van der Waals surface area contributed by atoms with Gasteiger partial charge >= 0.3 is 0 Å². The fraction of sp³-hybridized carbons (Fsp3) is 0.706. The molecule has 6 nitrogen and oxygen atoms in total. The van der Waals surface area contributed by atoms with Crippen molar-refractivity contribution in [3.05, 3.63) is 23.8 Å². The minimum absolute atomic E-state index is 0.494. The lowest BCUT2D eigenvalue weighted by Gasteiger charge is -2.24. The Kier molecular flexibility index (Phi) is 5.43. The van der Waals surface area contributed by atoms with Crippen LogP contribution >= 0.6 is 0 Å². The zero-order chi connectivity index (χ0) is 16.1. The van der Waals surface area contributed by atoms with Crippen LogP contribution in [0.1, 0.15) is 43.6 Å². The maximum atomic E-state index is 4.41. The van der Waals surface area contributed by atoms with Crippen LogP contribution in [0, 0.1) is 6.92 Å². The maximum absolute atomic E-state index is 4.41. The molecule has 2 N–H and O–H groups in total. The molecule has 0 radical (unpaired) electrons. The van der Waals surface area contributed by atoms with E-state index in [-0.39, 0.29) is 0 Å². The van der Waals surface area contributed by atoms with Crippen molar-refractivity contribution in [1.29, 1.82) is 0 Å². The van der Waals surface area contributed by atoms with Crippen molar-refractivity contribution in [2.75, 3.05) is 20.1 Å². The molecule has 1 aliphatic heterocycles. The zero-order valence-corrected chi connectivity index (χ0v) is 14.3. The first-order valence-electron chi connectivity index (χ1n) is 8.74. The number of likely N-dealkylation sites (tertiary alicyclic amines) is 1. The minimum Gasteiger partial charge on any atom is -0.352 e. The molecular formula is C17H28N6. The molecule has 0 amide bonds. The van der Waals surface area contributed by atoms with Crippen molar-refractivity contribution in [2.24, 2.45) is 4.99 Å². The summed E-state index contributed by atoms with van der Waals surface area (Å²) in [6.45, 7) is 4.93. The van der Waals surface area contributed by atoms with Crippen molar-refractivity contribution in [3.63, 3.8) is 0 Å². The van der Waals surface area contributed by atoms with Crippen molar-refractivity contribution in [1.82, 2.24) is 25.5 Å². The maximum Gasteiger partial charge on any atom is 0.191 e. The quantitative estimate of drug-likeness (QED) is 0.650. The van der Waals surface area contributed by atoms with E-state index in [2.05, 4.69) is 30.5 Å². The van der Waals surface area contributed by atoms with Gasteiger partial charge < -0.3 is 10.6 Å². The number of aliphatic imine (C=N–C) groups is 1. The molecule has 2 heterocycles. The van der Waals surface area contributed by atoms with Gasteiger partial charge in [-0.1, -0.05) is 12.8 Å². The lowest BCUT2D eigenvalue weighted by Crippen LogP contribution is -2.45. The lowest BCUT2D eigenvalue weighted by molar-refractivity contribution is 0.242. The normalized spacial score (nSPS) is 23.4. The van der Waals surface area contributed by atoms with Crippen LogP contribution < -0.4 is 10.6 Å². The van der Waals surface area contributed by atoms with Crippen LogP contribution in [0.3, 0.4) is 0 Å². The second-order valence-corrected chi connectivity index (χ2v) is 6.58. The van der Waals surface area contributed by atoms with E-state index in [4.69, 9.17) is 0 Å². The number of aromatic nitrogens is 2. The molecule has 0 spiro atoms. The number of rotatable bonds is 4. The second-order valence-electron chi connectivity index (χ2n) is 6.58. The molecular weight excluding hydrogens is 288 g/mol. The first-order chi connectivity index (χ1) is 11.2. The molecule has 23 heavy (non-hydrogen) atoms. The molecule has 1 atom stereocenters. The Labute approximate surface area is 138 Å². The molecule has 1 saturated heterocycles.